The van der Waals surface area contributed by atoms with Crippen molar-refractivity contribution in [3.63, 3.8) is 0 Å². The first-order chi connectivity index (χ1) is 6.65. The van der Waals surface area contributed by atoms with E-state index < -0.39 is 0 Å². The van der Waals surface area contributed by atoms with Crippen molar-refractivity contribution >= 4 is 11.8 Å². The number of thioether (sulfide) groups is 1. The van der Waals surface area contributed by atoms with Gasteiger partial charge in [0.15, 0.2) is 0 Å². The molecular formula is C12H25NS. The van der Waals surface area contributed by atoms with Gasteiger partial charge >= 0.3 is 0 Å². The maximum Gasteiger partial charge on any atom is 0.0290 e. The maximum absolute atomic E-state index is 5.91. The molecule has 0 aromatic carbocycles. The second kappa shape index (κ2) is 5.41. The van der Waals surface area contributed by atoms with Gasteiger partial charge in [0.05, 0.1) is 0 Å². The Kier molecular flexibility index (Phi) is 4.78. The minimum absolute atomic E-state index is 0.454. The summed E-state index contributed by atoms with van der Waals surface area (Å²) in [6, 6.07) is 0. The Morgan fingerprint density at radius 2 is 2.07 bits per heavy atom. The van der Waals surface area contributed by atoms with Gasteiger partial charge in [-0.05, 0) is 25.2 Å². The summed E-state index contributed by atoms with van der Waals surface area (Å²) < 4.78 is 0.454. The van der Waals surface area contributed by atoms with E-state index in [0.717, 1.165) is 17.7 Å². The summed E-state index contributed by atoms with van der Waals surface area (Å²) in [6.07, 6.45) is 6.74. The largest absolute Gasteiger partial charge is 0.329 e. The summed E-state index contributed by atoms with van der Waals surface area (Å²) >= 11 is 2.14. The molecule has 0 aromatic heterocycles. The molecule has 1 fully saturated rings. The Balaban J connectivity index is 2.33. The molecule has 14 heavy (non-hydrogen) atoms. The van der Waals surface area contributed by atoms with Crippen molar-refractivity contribution in [3.05, 3.63) is 0 Å². The van der Waals surface area contributed by atoms with Gasteiger partial charge in [0, 0.05) is 16.5 Å². The average Bonchev–Trinajstić information content (AvgIpc) is 2.14. The lowest BCUT2D eigenvalue weighted by Gasteiger charge is -2.48. The Labute approximate surface area is 93.2 Å². The Morgan fingerprint density at radius 3 is 2.50 bits per heavy atom. The highest BCUT2D eigenvalue weighted by atomic mass is 32.2. The molecule has 0 radical (unpaired) electrons. The Hall–Kier alpha value is 0.310. The zero-order valence-electron chi connectivity index (χ0n) is 9.88. The predicted molar refractivity (Wildman–Crippen MR) is 66.8 cm³/mol. The molecule has 0 heterocycles. The van der Waals surface area contributed by atoms with Crippen molar-refractivity contribution in [2.24, 2.45) is 11.7 Å². The van der Waals surface area contributed by atoms with Crippen molar-refractivity contribution < 1.29 is 0 Å². The zero-order valence-corrected chi connectivity index (χ0v) is 10.7. The number of hydrogen-bond donors (Lipinski definition) is 1. The van der Waals surface area contributed by atoms with Crippen LogP contribution in [0.3, 0.4) is 0 Å². The van der Waals surface area contributed by atoms with E-state index in [0.29, 0.717) is 4.75 Å². The van der Waals surface area contributed by atoms with E-state index in [9.17, 15) is 0 Å². The van der Waals surface area contributed by atoms with Crippen molar-refractivity contribution in [3.8, 4) is 0 Å². The third kappa shape index (κ3) is 2.90. The molecule has 2 N–H and O–H groups in total. The smallest absolute Gasteiger partial charge is 0.0290 e. The molecule has 0 spiro atoms. The van der Waals surface area contributed by atoms with Gasteiger partial charge in [-0.2, -0.15) is 11.8 Å². The topological polar surface area (TPSA) is 26.0 Å². The second-order valence-corrected chi connectivity index (χ2v) is 6.69. The standard InChI is InChI=1S/C12H25NS/c1-4-6-11-7-12(8-11,9-13)14-10(3)5-2/h10-11H,4-9,13H2,1-3H3. The van der Waals surface area contributed by atoms with Gasteiger partial charge in [0.25, 0.3) is 0 Å². The molecule has 1 unspecified atom stereocenters. The highest BCUT2D eigenvalue weighted by molar-refractivity contribution is 8.01. The van der Waals surface area contributed by atoms with Crippen molar-refractivity contribution in [1.82, 2.24) is 0 Å². The van der Waals surface area contributed by atoms with Gasteiger partial charge in [0.1, 0.15) is 0 Å². The highest BCUT2D eigenvalue weighted by Gasteiger charge is 2.43. The maximum atomic E-state index is 5.91. The molecule has 1 saturated carbocycles. The summed E-state index contributed by atoms with van der Waals surface area (Å²) in [7, 11) is 0. The Bertz CT molecular complexity index is 164. The molecule has 2 heteroatoms. The van der Waals surface area contributed by atoms with Gasteiger partial charge in [0.2, 0.25) is 0 Å². The lowest BCUT2D eigenvalue weighted by Crippen LogP contribution is -2.47. The number of rotatable bonds is 6. The summed E-state index contributed by atoms with van der Waals surface area (Å²) in [6.45, 7) is 7.76. The molecule has 0 saturated heterocycles. The third-order valence-corrected chi connectivity index (χ3v) is 5.15. The summed E-state index contributed by atoms with van der Waals surface area (Å²) in [5.74, 6) is 0.972. The van der Waals surface area contributed by atoms with Crippen LogP contribution in [-0.2, 0) is 0 Å². The van der Waals surface area contributed by atoms with E-state index in [1.165, 1.54) is 32.1 Å². The molecule has 0 bridgehead atoms. The van der Waals surface area contributed by atoms with Crippen LogP contribution in [0.4, 0.5) is 0 Å². The van der Waals surface area contributed by atoms with E-state index in [-0.39, 0.29) is 0 Å². The predicted octanol–water partition coefficient (Wildman–Crippen LogP) is 3.43. The first-order valence-electron chi connectivity index (χ1n) is 6.03. The Morgan fingerprint density at radius 1 is 1.43 bits per heavy atom. The number of hydrogen-bond acceptors (Lipinski definition) is 2. The van der Waals surface area contributed by atoms with Gasteiger partial charge in [-0.25, -0.2) is 0 Å². The molecule has 84 valence electrons. The summed E-state index contributed by atoms with van der Waals surface area (Å²) in [5, 5.41) is 0.779. The summed E-state index contributed by atoms with van der Waals surface area (Å²) in [4.78, 5) is 0. The van der Waals surface area contributed by atoms with E-state index in [1.807, 2.05) is 0 Å². The number of nitrogens with two attached hydrogens (primary N) is 1. The quantitative estimate of drug-likeness (QED) is 0.734. The van der Waals surface area contributed by atoms with Crippen molar-refractivity contribution in [1.29, 1.82) is 0 Å². The fourth-order valence-corrected chi connectivity index (χ4v) is 4.21. The van der Waals surface area contributed by atoms with E-state index in [2.05, 4.69) is 32.5 Å². The van der Waals surface area contributed by atoms with Crippen LogP contribution in [-0.4, -0.2) is 16.5 Å². The van der Waals surface area contributed by atoms with E-state index in [1.54, 1.807) is 0 Å². The van der Waals surface area contributed by atoms with E-state index >= 15 is 0 Å². The van der Waals surface area contributed by atoms with Crippen LogP contribution in [0, 0.1) is 5.92 Å². The van der Waals surface area contributed by atoms with Crippen molar-refractivity contribution in [2.45, 2.75) is 62.9 Å². The fourth-order valence-electron chi connectivity index (χ4n) is 2.43. The molecule has 1 aliphatic carbocycles. The zero-order chi connectivity index (χ0) is 10.6. The van der Waals surface area contributed by atoms with E-state index in [4.69, 9.17) is 5.73 Å². The first kappa shape index (κ1) is 12.4. The van der Waals surface area contributed by atoms with Gasteiger partial charge < -0.3 is 5.73 Å². The molecule has 1 atom stereocenters. The van der Waals surface area contributed by atoms with Crippen LogP contribution >= 0.6 is 11.8 Å². The third-order valence-electron chi connectivity index (χ3n) is 3.42. The molecule has 1 rings (SSSR count). The minimum Gasteiger partial charge on any atom is -0.329 e. The average molecular weight is 215 g/mol. The van der Waals surface area contributed by atoms with Gasteiger partial charge in [-0.3, -0.25) is 0 Å². The highest BCUT2D eigenvalue weighted by Crippen LogP contribution is 2.50. The van der Waals surface area contributed by atoms with Crippen LogP contribution in [0.25, 0.3) is 0 Å². The van der Waals surface area contributed by atoms with Crippen LogP contribution in [0.1, 0.15) is 52.9 Å². The molecule has 0 aliphatic heterocycles. The van der Waals surface area contributed by atoms with Crippen LogP contribution < -0.4 is 5.73 Å². The lowest BCUT2D eigenvalue weighted by atomic mass is 9.72. The van der Waals surface area contributed by atoms with Crippen LogP contribution in [0.15, 0.2) is 0 Å². The monoisotopic (exact) mass is 215 g/mol. The van der Waals surface area contributed by atoms with Gasteiger partial charge in [-0.15, -0.1) is 0 Å². The lowest BCUT2D eigenvalue weighted by molar-refractivity contribution is 0.219. The minimum atomic E-state index is 0.454. The van der Waals surface area contributed by atoms with Crippen molar-refractivity contribution in [2.75, 3.05) is 6.54 Å². The molecule has 0 aromatic rings. The molecule has 1 aliphatic rings. The first-order valence-corrected chi connectivity index (χ1v) is 6.91. The fraction of sp³-hybridized carbons (Fsp3) is 1.00. The van der Waals surface area contributed by atoms with Crippen LogP contribution in [0.2, 0.25) is 0 Å². The van der Waals surface area contributed by atoms with Crippen LogP contribution in [0.5, 0.6) is 0 Å². The second-order valence-electron chi connectivity index (χ2n) is 4.79. The molecular weight excluding hydrogens is 190 g/mol. The SMILES string of the molecule is CCCC1CC(CN)(SC(C)CC)C1. The van der Waals surface area contributed by atoms with Gasteiger partial charge in [-0.1, -0.05) is 33.6 Å². The molecule has 1 nitrogen and oxygen atoms in total. The normalized spacial score (nSPS) is 33.9. The summed E-state index contributed by atoms with van der Waals surface area (Å²) in [5.41, 5.74) is 5.91. The molecule has 0 amide bonds.